The first kappa shape index (κ1) is 15.1. The SMILES string of the molecule is CN(CC1CCCN1C)C(=O)N1CCC[C@@H](C(=O)O)C1. The van der Waals surface area contributed by atoms with Crippen LogP contribution >= 0.6 is 0 Å². The van der Waals surface area contributed by atoms with Crippen LogP contribution in [0.25, 0.3) is 0 Å². The van der Waals surface area contributed by atoms with Crippen molar-refractivity contribution >= 4 is 12.0 Å². The molecule has 2 atom stereocenters. The maximum Gasteiger partial charge on any atom is 0.319 e. The van der Waals surface area contributed by atoms with Gasteiger partial charge in [-0.25, -0.2) is 4.79 Å². The number of piperidine rings is 1. The van der Waals surface area contributed by atoms with E-state index < -0.39 is 11.9 Å². The molecule has 2 aliphatic rings. The second kappa shape index (κ2) is 6.43. The minimum Gasteiger partial charge on any atom is -0.481 e. The van der Waals surface area contributed by atoms with E-state index in [4.69, 9.17) is 5.11 Å². The van der Waals surface area contributed by atoms with Crippen LogP contribution < -0.4 is 0 Å². The van der Waals surface area contributed by atoms with Crippen LogP contribution in [-0.2, 0) is 4.79 Å². The van der Waals surface area contributed by atoms with Gasteiger partial charge in [-0.15, -0.1) is 0 Å². The molecular weight excluding hydrogens is 258 g/mol. The summed E-state index contributed by atoms with van der Waals surface area (Å²) in [6.45, 7) is 2.84. The number of urea groups is 1. The van der Waals surface area contributed by atoms with E-state index in [1.807, 2.05) is 7.05 Å². The lowest BCUT2D eigenvalue weighted by Crippen LogP contribution is -2.50. The molecule has 2 aliphatic heterocycles. The Labute approximate surface area is 120 Å². The van der Waals surface area contributed by atoms with E-state index >= 15 is 0 Å². The molecule has 1 unspecified atom stereocenters. The number of nitrogens with zero attached hydrogens (tertiary/aromatic N) is 3. The van der Waals surface area contributed by atoms with Gasteiger partial charge in [0.15, 0.2) is 0 Å². The number of amides is 2. The van der Waals surface area contributed by atoms with Crippen LogP contribution in [-0.4, -0.2) is 78.1 Å². The van der Waals surface area contributed by atoms with E-state index in [1.165, 1.54) is 6.42 Å². The van der Waals surface area contributed by atoms with E-state index in [2.05, 4.69) is 11.9 Å². The standard InChI is InChI=1S/C14H25N3O3/c1-15-7-4-6-12(15)10-16(2)14(20)17-8-3-5-11(9-17)13(18)19/h11-12H,3-10H2,1-2H3,(H,18,19)/t11-,12?/m1/s1. The van der Waals surface area contributed by atoms with Crippen molar-refractivity contribution in [2.75, 3.05) is 40.3 Å². The highest BCUT2D eigenvalue weighted by molar-refractivity contribution is 5.76. The minimum absolute atomic E-state index is 0.0312. The van der Waals surface area contributed by atoms with Crippen LogP contribution in [0.2, 0.25) is 0 Å². The second-order valence-electron chi connectivity index (χ2n) is 6.06. The Bertz CT molecular complexity index is 375. The van der Waals surface area contributed by atoms with E-state index in [-0.39, 0.29) is 6.03 Å². The molecule has 0 saturated carbocycles. The third kappa shape index (κ3) is 3.42. The van der Waals surface area contributed by atoms with E-state index in [0.29, 0.717) is 25.6 Å². The molecular formula is C14H25N3O3. The molecule has 0 aromatic carbocycles. The van der Waals surface area contributed by atoms with Gasteiger partial charge in [-0.1, -0.05) is 0 Å². The lowest BCUT2D eigenvalue weighted by molar-refractivity contribution is -0.143. The molecule has 2 fully saturated rings. The molecule has 0 radical (unpaired) electrons. The summed E-state index contributed by atoms with van der Waals surface area (Å²) in [4.78, 5) is 29.2. The summed E-state index contributed by atoms with van der Waals surface area (Å²) < 4.78 is 0. The Hall–Kier alpha value is -1.30. The molecule has 0 aliphatic carbocycles. The first-order valence-corrected chi connectivity index (χ1v) is 7.42. The molecule has 0 aromatic heterocycles. The predicted molar refractivity (Wildman–Crippen MR) is 75.6 cm³/mol. The fourth-order valence-electron chi connectivity index (χ4n) is 3.20. The second-order valence-corrected chi connectivity index (χ2v) is 6.06. The highest BCUT2D eigenvalue weighted by Gasteiger charge is 2.31. The quantitative estimate of drug-likeness (QED) is 0.837. The number of carbonyl (C=O) groups excluding carboxylic acids is 1. The van der Waals surface area contributed by atoms with E-state index in [9.17, 15) is 9.59 Å². The van der Waals surface area contributed by atoms with Gasteiger partial charge < -0.3 is 19.8 Å². The summed E-state index contributed by atoms with van der Waals surface area (Å²) in [6, 6.07) is 0.403. The molecule has 0 spiro atoms. The average Bonchev–Trinajstić information content (AvgIpc) is 2.83. The summed E-state index contributed by atoms with van der Waals surface area (Å²) in [5, 5.41) is 9.08. The lowest BCUT2D eigenvalue weighted by Gasteiger charge is -2.35. The van der Waals surface area contributed by atoms with Crippen molar-refractivity contribution in [3.8, 4) is 0 Å². The van der Waals surface area contributed by atoms with E-state index in [0.717, 1.165) is 25.9 Å². The summed E-state index contributed by atoms with van der Waals surface area (Å²) in [6.07, 6.45) is 3.77. The number of likely N-dealkylation sites (tertiary alicyclic amines) is 2. The monoisotopic (exact) mass is 283 g/mol. The number of carboxylic acids is 1. The van der Waals surface area contributed by atoms with Gasteiger partial charge in [-0.2, -0.15) is 0 Å². The van der Waals surface area contributed by atoms with Crippen LogP contribution in [0.5, 0.6) is 0 Å². The Kier molecular flexibility index (Phi) is 4.86. The molecule has 6 nitrogen and oxygen atoms in total. The van der Waals surface area contributed by atoms with Gasteiger partial charge in [0.1, 0.15) is 0 Å². The van der Waals surface area contributed by atoms with Crippen molar-refractivity contribution < 1.29 is 14.7 Å². The first-order chi connectivity index (χ1) is 9.49. The molecule has 6 heteroatoms. The summed E-state index contributed by atoms with van der Waals surface area (Å²) >= 11 is 0. The number of carboxylic acid groups (broad SMARTS) is 1. The van der Waals surface area contributed by atoms with Gasteiger partial charge in [0.2, 0.25) is 0 Å². The Morgan fingerprint density at radius 2 is 1.95 bits per heavy atom. The number of likely N-dealkylation sites (N-methyl/N-ethyl adjacent to an activating group) is 2. The molecule has 2 saturated heterocycles. The van der Waals surface area contributed by atoms with Gasteiger partial charge in [0.25, 0.3) is 0 Å². The Balaban J connectivity index is 1.87. The molecule has 20 heavy (non-hydrogen) atoms. The van der Waals surface area contributed by atoms with Crippen LogP contribution in [0, 0.1) is 5.92 Å². The van der Waals surface area contributed by atoms with Crippen LogP contribution in [0.3, 0.4) is 0 Å². The Morgan fingerprint density at radius 3 is 2.55 bits per heavy atom. The molecule has 114 valence electrons. The van der Waals surface area contributed by atoms with Crippen molar-refractivity contribution in [2.45, 2.75) is 31.7 Å². The smallest absolute Gasteiger partial charge is 0.319 e. The van der Waals surface area contributed by atoms with Crippen LogP contribution in [0.4, 0.5) is 4.79 Å². The first-order valence-electron chi connectivity index (χ1n) is 7.42. The van der Waals surface area contributed by atoms with E-state index in [1.54, 1.807) is 9.80 Å². The maximum atomic E-state index is 12.4. The zero-order valence-corrected chi connectivity index (χ0v) is 12.4. The number of hydrogen-bond donors (Lipinski definition) is 1. The Morgan fingerprint density at radius 1 is 1.25 bits per heavy atom. The molecule has 0 bridgehead atoms. The number of rotatable bonds is 3. The van der Waals surface area contributed by atoms with Crippen LogP contribution in [0.15, 0.2) is 0 Å². The number of carbonyl (C=O) groups is 2. The van der Waals surface area contributed by atoms with Crippen molar-refractivity contribution in [3.05, 3.63) is 0 Å². The number of hydrogen-bond acceptors (Lipinski definition) is 3. The van der Waals surface area contributed by atoms with Gasteiger partial charge in [-0.3, -0.25) is 4.79 Å². The molecule has 2 amide bonds. The normalized spacial score (nSPS) is 27.6. The van der Waals surface area contributed by atoms with Gasteiger partial charge in [0.05, 0.1) is 5.92 Å². The van der Waals surface area contributed by atoms with Crippen LogP contribution in [0.1, 0.15) is 25.7 Å². The molecule has 2 heterocycles. The zero-order chi connectivity index (χ0) is 14.7. The lowest BCUT2D eigenvalue weighted by atomic mass is 9.98. The topological polar surface area (TPSA) is 64.1 Å². The predicted octanol–water partition coefficient (Wildman–Crippen LogP) is 0.929. The highest BCUT2D eigenvalue weighted by atomic mass is 16.4. The molecule has 0 aromatic rings. The third-order valence-electron chi connectivity index (χ3n) is 4.52. The van der Waals surface area contributed by atoms with Gasteiger partial charge in [-0.05, 0) is 39.3 Å². The summed E-state index contributed by atoms with van der Waals surface area (Å²) in [7, 11) is 3.91. The fraction of sp³-hybridized carbons (Fsp3) is 0.857. The largest absolute Gasteiger partial charge is 0.481 e. The van der Waals surface area contributed by atoms with Crippen molar-refractivity contribution in [2.24, 2.45) is 5.92 Å². The van der Waals surface area contributed by atoms with Gasteiger partial charge in [0, 0.05) is 32.7 Å². The van der Waals surface area contributed by atoms with Gasteiger partial charge >= 0.3 is 12.0 Å². The summed E-state index contributed by atoms with van der Waals surface area (Å²) in [5.74, 6) is -1.20. The minimum atomic E-state index is -0.791. The molecule has 1 N–H and O–H groups in total. The summed E-state index contributed by atoms with van der Waals surface area (Å²) in [5.41, 5.74) is 0. The zero-order valence-electron chi connectivity index (χ0n) is 12.4. The van der Waals surface area contributed by atoms with Crippen molar-refractivity contribution in [1.82, 2.24) is 14.7 Å². The highest BCUT2D eigenvalue weighted by Crippen LogP contribution is 2.19. The third-order valence-corrected chi connectivity index (χ3v) is 4.52. The molecule has 2 rings (SSSR count). The fourth-order valence-corrected chi connectivity index (χ4v) is 3.20. The van der Waals surface area contributed by atoms with Crippen molar-refractivity contribution in [3.63, 3.8) is 0 Å². The average molecular weight is 283 g/mol. The number of aliphatic carboxylic acids is 1. The van der Waals surface area contributed by atoms with Crippen molar-refractivity contribution in [1.29, 1.82) is 0 Å². The maximum absolute atomic E-state index is 12.4.